The second kappa shape index (κ2) is 9.00. The van der Waals surface area contributed by atoms with Gasteiger partial charge in [0.15, 0.2) is 11.5 Å². The summed E-state index contributed by atoms with van der Waals surface area (Å²) >= 11 is 44.2. The van der Waals surface area contributed by atoms with Crippen LogP contribution in [0.1, 0.15) is 16.7 Å². The number of rotatable bonds is 2. The van der Waals surface area contributed by atoms with Gasteiger partial charge in [-0.2, -0.15) is 0 Å². The summed E-state index contributed by atoms with van der Waals surface area (Å²) in [5.74, 6) is 0.887. The Bertz CT molecular complexity index is 1200. The fourth-order valence-corrected chi connectivity index (χ4v) is 6.72. The lowest BCUT2D eigenvalue weighted by Gasteiger charge is -2.30. The second-order valence-corrected chi connectivity index (χ2v) is 11.8. The summed E-state index contributed by atoms with van der Waals surface area (Å²) in [7, 11) is 0. The summed E-state index contributed by atoms with van der Waals surface area (Å²) in [5.41, 5.74) is 1.76. The molecule has 3 aromatic rings. The molecule has 0 atom stereocenters. The minimum Gasteiger partial charge on any atom is -0.407 e. The van der Waals surface area contributed by atoms with E-state index < -0.39 is 6.72 Å². The van der Waals surface area contributed by atoms with Gasteiger partial charge in [0.1, 0.15) is 5.75 Å². The number of para-hydroxylation sites is 1. The van der Waals surface area contributed by atoms with Crippen molar-refractivity contribution < 1.29 is 13.6 Å². The van der Waals surface area contributed by atoms with E-state index in [1.54, 1.807) is 6.07 Å². The van der Waals surface area contributed by atoms with Crippen LogP contribution < -0.4 is 13.6 Å². The molecule has 3 aromatic carbocycles. The Morgan fingerprint density at radius 3 is 1.77 bits per heavy atom. The highest BCUT2D eigenvalue weighted by atomic mass is 35.5. The van der Waals surface area contributed by atoms with Gasteiger partial charge in [-0.25, -0.2) is 0 Å². The zero-order valence-corrected chi connectivity index (χ0v) is 21.8. The van der Waals surface area contributed by atoms with Crippen molar-refractivity contribution in [3.8, 4) is 17.2 Å². The van der Waals surface area contributed by atoms with Crippen molar-refractivity contribution in [2.24, 2.45) is 0 Å². The van der Waals surface area contributed by atoms with Crippen molar-refractivity contribution in [2.75, 3.05) is 0 Å². The molecule has 0 bridgehead atoms. The van der Waals surface area contributed by atoms with Gasteiger partial charge in [-0.05, 0) is 30.7 Å². The Kier molecular flexibility index (Phi) is 6.86. The monoisotopic (exact) mass is 572 g/mol. The van der Waals surface area contributed by atoms with Crippen molar-refractivity contribution in [1.29, 1.82) is 0 Å². The van der Waals surface area contributed by atoms with Crippen molar-refractivity contribution in [3.63, 3.8) is 0 Å². The van der Waals surface area contributed by atoms with Gasteiger partial charge in [0.05, 0.1) is 30.1 Å². The van der Waals surface area contributed by atoms with Crippen LogP contribution >= 0.6 is 76.3 Å². The van der Waals surface area contributed by atoms with Gasteiger partial charge in [0.25, 0.3) is 0 Å². The normalized spacial score (nSPS) is 14.4. The number of hydrogen-bond donors (Lipinski definition) is 0. The Labute approximate surface area is 214 Å². The maximum Gasteiger partial charge on any atom is 0.490 e. The SMILES string of the molecule is Cc1ccccc1OP1(=S)Oc2c(Cl)cc(Cl)c(Cl)c2Cc2c(Cl)c(Cl)cc(Cl)c2O1. The highest BCUT2D eigenvalue weighted by molar-refractivity contribution is 8.08. The lowest BCUT2D eigenvalue weighted by atomic mass is 10.0. The molecule has 3 nitrogen and oxygen atoms in total. The second-order valence-electron chi connectivity index (χ2n) is 6.59. The molecule has 0 saturated carbocycles. The van der Waals surface area contributed by atoms with Gasteiger partial charge in [0.2, 0.25) is 0 Å². The molecule has 1 heterocycles. The third-order valence-electron chi connectivity index (χ3n) is 4.50. The molecule has 11 heteroatoms. The fourth-order valence-electron chi connectivity index (χ4n) is 3.01. The Morgan fingerprint density at radius 1 is 0.806 bits per heavy atom. The molecule has 1 aliphatic heterocycles. The van der Waals surface area contributed by atoms with Crippen molar-refractivity contribution in [3.05, 3.63) is 83.2 Å². The zero-order valence-electron chi connectivity index (χ0n) is 15.5. The maximum absolute atomic E-state index is 6.50. The van der Waals surface area contributed by atoms with Gasteiger partial charge in [-0.3, -0.25) is 0 Å². The first-order valence-electron chi connectivity index (χ1n) is 8.67. The summed E-state index contributed by atoms with van der Waals surface area (Å²) < 4.78 is 18.3. The molecule has 0 aromatic heterocycles. The Balaban J connectivity index is 1.98. The van der Waals surface area contributed by atoms with Gasteiger partial charge in [-0.1, -0.05) is 87.8 Å². The highest BCUT2D eigenvalue weighted by Gasteiger charge is 2.36. The third kappa shape index (κ3) is 4.60. The maximum atomic E-state index is 6.50. The van der Waals surface area contributed by atoms with Gasteiger partial charge >= 0.3 is 6.72 Å². The molecule has 162 valence electrons. The van der Waals surface area contributed by atoms with Crippen LogP contribution in [0.15, 0.2) is 36.4 Å². The summed E-state index contributed by atoms with van der Waals surface area (Å²) in [6.07, 6.45) is 0.141. The highest BCUT2D eigenvalue weighted by Crippen LogP contribution is 2.58. The topological polar surface area (TPSA) is 27.7 Å². The van der Waals surface area contributed by atoms with Gasteiger partial charge in [-0.15, -0.1) is 0 Å². The molecule has 0 amide bonds. The van der Waals surface area contributed by atoms with Crippen LogP contribution in [-0.4, -0.2) is 0 Å². The first kappa shape index (κ1) is 23.6. The van der Waals surface area contributed by atoms with E-state index in [0.717, 1.165) is 5.56 Å². The predicted octanol–water partition coefficient (Wildman–Crippen LogP) is 9.58. The van der Waals surface area contributed by atoms with E-state index in [4.69, 9.17) is 95.0 Å². The third-order valence-corrected chi connectivity index (χ3v) is 8.62. The fraction of sp³-hybridized carbons (Fsp3) is 0.100. The quantitative estimate of drug-likeness (QED) is 0.225. The van der Waals surface area contributed by atoms with Crippen LogP contribution in [-0.2, 0) is 18.2 Å². The largest absolute Gasteiger partial charge is 0.490 e. The predicted molar refractivity (Wildman–Crippen MR) is 133 cm³/mol. The summed E-state index contributed by atoms with van der Waals surface area (Å²) in [5, 5.41) is 1.35. The number of aryl methyl sites for hydroxylation is 1. The van der Waals surface area contributed by atoms with Crippen molar-refractivity contribution >= 4 is 88.1 Å². The van der Waals surface area contributed by atoms with Crippen LogP contribution in [0.25, 0.3) is 0 Å². The van der Waals surface area contributed by atoms with E-state index in [2.05, 4.69) is 0 Å². The van der Waals surface area contributed by atoms with Crippen molar-refractivity contribution in [1.82, 2.24) is 0 Å². The van der Waals surface area contributed by atoms with Crippen LogP contribution in [0, 0.1) is 6.92 Å². The average molecular weight is 575 g/mol. The summed E-state index contributed by atoms with van der Waals surface area (Å²) in [6.45, 7) is -1.69. The standard InChI is InChI=1S/C20H11Cl6O3PS/c1-9-4-2-3-5-16(9)27-30(31)28-19-10(17(25)12(21)7-14(19)23)6-11-18(26)13(22)8-15(24)20(11)29-30/h2-5,7-8H,6H2,1H3. The first-order valence-corrected chi connectivity index (χ1v) is 13.5. The molecule has 0 spiro atoms. The Morgan fingerprint density at radius 2 is 1.29 bits per heavy atom. The molecule has 0 radical (unpaired) electrons. The van der Waals surface area contributed by atoms with Crippen molar-refractivity contribution in [2.45, 2.75) is 13.3 Å². The van der Waals surface area contributed by atoms with Crippen LogP contribution in [0.3, 0.4) is 0 Å². The minimum atomic E-state index is -3.56. The van der Waals surface area contributed by atoms with E-state index in [-0.39, 0.29) is 48.1 Å². The molecule has 0 unspecified atom stereocenters. The van der Waals surface area contributed by atoms with Crippen LogP contribution in [0.4, 0.5) is 0 Å². The van der Waals surface area contributed by atoms with Gasteiger partial charge < -0.3 is 13.6 Å². The summed E-state index contributed by atoms with van der Waals surface area (Å²) in [4.78, 5) is 0. The minimum absolute atomic E-state index is 0.141. The molecule has 1 aliphatic rings. The van der Waals surface area contributed by atoms with E-state index in [1.165, 1.54) is 12.1 Å². The first-order chi connectivity index (χ1) is 14.6. The van der Waals surface area contributed by atoms with E-state index in [1.807, 2.05) is 25.1 Å². The number of fused-ring (bicyclic) bond motifs is 2. The lowest BCUT2D eigenvalue weighted by molar-refractivity contribution is 0.376. The molecule has 0 aliphatic carbocycles. The number of hydrogen-bond acceptors (Lipinski definition) is 4. The average Bonchev–Trinajstić information content (AvgIpc) is 2.69. The summed E-state index contributed by atoms with van der Waals surface area (Å²) in [6, 6.07) is 10.2. The lowest BCUT2D eigenvalue weighted by Crippen LogP contribution is -2.13. The van der Waals surface area contributed by atoms with E-state index >= 15 is 0 Å². The Hall–Kier alpha value is -0.550. The number of benzene rings is 3. The molecular weight excluding hydrogens is 564 g/mol. The van der Waals surface area contributed by atoms with E-state index in [9.17, 15) is 0 Å². The van der Waals surface area contributed by atoms with E-state index in [0.29, 0.717) is 16.9 Å². The smallest absolute Gasteiger partial charge is 0.407 e. The van der Waals surface area contributed by atoms with Crippen LogP contribution in [0.5, 0.6) is 17.2 Å². The van der Waals surface area contributed by atoms with Gasteiger partial charge in [0, 0.05) is 29.4 Å². The molecular formula is C20H11Cl6O3PS. The molecule has 0 saturated heterocycles. The molecule has 4 rings (SSSR count). The molecule has 0 fully saturated rings. The number of halogens is 6. The zero-order chi connectivity index (χ0) is 22.5. The van der Waals surface area contributed by atoms with Crippen LogP contribution in [0.2, 0.25) is 30.1 Å². The molecule has 31 heavy (non-hydrogen) atoms. The molecule has 0 N–H and O–H groups in total.